The molecular formula is C23H22N6O. The Morgan fingerprint density at radius 2 is 1.90 bits per heavy atom. The molecule has 0 aliphatic carbocycles. The molecule has 2 atom stereocenters. The van der Waals surface area contributed by atoms with Crippen molar-refractivity contribution >= 4 is 28.6 Å². The van der Waals surface area contributed by atoms with Crippen molar-refractivity contribution in [2.24, 2.45) is 0 Å². The molecule has 0 radical (unpaired) electrons. The molecule has 7 heteroatoms. The molecule has 0 saturated carbocycles. The third-order valence-corrected chi connectivity index (χ3v) is 5.71. The van der Waals surface area contributed by atoms with Crippen molar-refractivity contribution in [3.63, 3.8) is 0 Å². The molecule has 2 aromatic carbocycles. The maximum atomic E-state index is 13.5. The van der Waals surface area contributed by atoms with Gasteiger partial charge in [-0.05, 0) is 36.6 Å². The minimum Gasteiger partial charge on any atom is -0.363 e. The first-order valence-corrected chi connectivity index (χ1v) is 10.1. The van der Waals surface area contributed by atoms with Crippen LogP contribution in [0.4, 0.5) is 11.5 Å². The number of rotatable bonds is 5. The second-order valence-corrected chi connectivity index (χ2v) is 7.42. The number of imidazole rings is 1. The van der Waals surface area contributed by atoms with Crippen LogP contribution in [-0.4, -0.2) is 37.9 Å². The maximum absolute atomic E-state index is 13.5. The Morgan fingerprint density at radius 1 is 1.10 bits per heavy atom. The molecule has 1 aliphatic heterocycles. The van der Waals surface area contributed by atoms with E-state index in [1.165, 1.54) is 6.33 Å². The number of aromatic nitrogens is 4. The predicted molar refractivity (Wildman–Crippen MR) is 117 cm³/mol. The second kappa shape index (κ2) is 7.59. The van der Waals surface area contributed by atoms with Gasteiger partial charge in [0.1, 0.15) is 11.8 Å². The van der Waals surface area contributed by atoms with E-state index in [4.69, 9.17) is 0 Å². The van der Waals surface area contributed by atoms with Crippen molar-refractivity contribution in [1.82, 2.24) is 19.9 Å². The first-order valence-electron chi connectivity index (χ1n) is 10.1. The van der Waals surface area contributed by atoms with Gasteiger partial charge in [0.15, 0.2) is 11.5 Å². The van der Waals surface area contributed by atoms with Crippen LogP contribution in [0.15, 0.2) is 67.3 Å². The average molecular weight is 398 g/mol. The van der Waals surface area contributed by atoms with Gasteiger partial charge in [0.05, 0.1) is 12.4 Å². The quantitative estimate of drug-likeness (QED) is 0.534. The van der Waals surface area contributed by atoms with Crippen molar-refractivity contribution in [3.05, 3.63) is 78.4 Å². The summed E-state index contributed by atoms with van der Waals surface area (Å²) in [6.07, 6.45) is 4.71. The molecule has 1 aliphatic rings. The molecule has 2 unspecified atom stereocenters. The highest BCUT2D eigenvalue weighted by molar-refractivity contribution is 6.08. The number of carbonyl (C=O) groups is 1. The molecule has 7 nitrogen and oxygen atoms in total. The van der Waals surface area contributed by atoms with Crippen molar-refractivity contribution in [3.8, 4) is 0 Å². The number of H-pyrrole nitrogens is 1. The summed E-state index contributed by atoms with van der Waals surface area (Å²) in [6, 6.07) is 17.7. The SMILES string of the molecule is CCC(Nc1ncnc2nc[nH]c12)C1Cc2ccccc2C(=O)N1c1ccccc1. The summed E-state index contributed by atoms with van der Waals surface area (Å²) in [5.41, 5.74) is 4.13. The standard InChI is InChI=1S/C23H22N6O/c1-2-18(28-22-20-21(25-13-24-20)26-14-27-22)19-12-15-8-6-7-11-17(15)23(30)29(19)16-9-4-3-5-10-16/h3-11,13-14,18-19H,2,12H2,1H3,(H2,24,25,26,27,28). The summed E-state index contributed by atoms with van der Waals surface area (Å²) in [5, 5.41) is 3.56. The first-order chi connectivity index (χ1) is 14.8. The van der Waals surface area contributed by atoms with E-state index < -0.39 is 0 Å². The zero-order valence-corrected chi connectivity index (χ0v) is 16.6. The van der Waals surface area contributed by atoms with Crippen molar-refractivity contribution in [2.45, 2.75) is 31.8 Å². The van der Waals surface area contributed by atoms with Gasteiger partial charge in [0.2, 0.25) is 0 Å². The van der Waals surface area contributed by atoms with E-state index in [2.05, 4.69) is 32.2 Å². The summed E-state index contributed by atoms with van der Waals surface area (Å²) in [6.45, 7) is 2.12. The number of hydrogen-bond acceptors (Lipinski definition) is 5. The summed E-state index contributed by atoms with van der Waals surface area (Å²) >= 11 is 0. The third-order valence-electron chi connectivity index (χ3n) is 5.71. The number of para-hydroxylation sites is 1. The fraction of sp³-hybridized carbons (Fsp3) is 0.217. The molecule has 0 spiro atoms. The number of nitrogens with one attached hydrogen (secondary N) is 2. The topological polar surface area (TPSA) is 86.8 Å². The molecule has 5 rings (SSSR count). The van der Waals surface area contributed by atoms with Gasteiger partial charge in [0.25, 0.3) is 5.91 Å². The Kier molecular flexibility index (Phi) is 4.63. The van der Waals surface area contributed by atoms with Crippen LogP contribution >= 0.6 is 0 Å². The Morgan fingerprint density at radius 3 is 2.73 bits per heavy atom. The second-order valence-electron chi connectivity index (χ2n) is 7.42. The minimum absolute atomic E-state index is 0.0103. The molecule has 2 aromatic heterocycles. The van der Waals surface area contributed by atoms with Gasteiger partial charge < -0.3 is 15.2 Å². The first kappa shape index (κ1) is 18.3. The lowest BCUT2D eigenvalue weighted by atomic mass is 9.88. The molecule has 4 aromatic rings. The van der Waals surface area contributed by atoms with Crippen LogP contribution in [0, 0.1) is 0 Å². The molecule has 0 saturated heterocycles. The normalized spacial score (nSPS) is 17.0. The lowest BCUT2D eigenvalue weighted by Crippen LogP contribution is -2.54. The van der Waals surface area contributed by atoms with E-state index in [1.54, 1.807) is 6.33 Å². The number of aromatic amines is 1. The third kappa shape index (κ3) is 3.08. The monoisotopic (exact) mass is 398 g/mol. The average Bonchev–Trinajstić information content (AvgIpc) is 3.28. The van der Waals surface area contributed by atoms with Crippen molar-refractivity contribution in [2.75, 3.05) is 10.2 Å². The summed E-state index contributed by atoms with van der Waals surface area (Å²) in [4.78, 5) is 31.4. The molecule has 0 fully saturated rings. The Balaban J connectivity index is 1.56. The number of amides is 1. The molecule has 30 heavy (non-hydrogen) atoms. The van der Waals surface area contributed by atoms with E-state index >= 15 is 0 Å². The minimum atomic E-state index is -0.0623. The maximum Gasteiger partial charge on any atom is 0.258 e. The fourth-order valence-electron chi connectivity index (χ4n) is 4.24. The molecule has 150 valence electrons. The van der Waals surface area contributed by atoms with Crippen LogP contribution in [0.2, 0.25) is 0 Å². The number of nitrogens with zero attached hydrogens (tertiary/aromatic N) is 4. The number of hydrogen-bond donors (Lipinski definition) is 2. The fourth-order valence-corrected chi connectivity index (χ4v) is 4.24. The van der Waals surface area contributed by atoms with Crippen LogP contribution in [0.1, 0.15) is 29.3 Å². The number of fused-ring (bicyclic) bond motifs is 2. The zero-order valence-electron chi connectivity index (χ0n) is 16.6. The van der Waals surface area contributed by atoms with Gasteiger partial charge in [-0.1, -0.05) is 43.3 Å². The Bertz CT molecular complexity index is 1190. The van der Waals surface area contributed by atoms with Crippen LogP contribution in [0.25, 0.3) is 11.2 Å². The van der Waals surface area contributed by atoms with E-state index in [0.29, 0.717) is 11.5 Å². The number of benzene rings is 2. The van der Waals surface area contributed by atoms with Crippen LogP contribution in [-0.2, 0) is 6.42 Å². The lowest BCUT2D eigenvalue weighted by Gasteiger charge is -2.41. The summed E-state index contributed by atoms with van der Waals surface area (Å²) in [7, 11) is 0. The van der Waals surface area contributed by atoms with Crippen LogP contribution < -0.4 is 10.2 Å². The highest BCUT2D eigenvalue weighted by atomic mass is 16.2. The van der Waals surface area contributed by atoms with E-state index in [-0.39, 0.29) is 18.0 Å². The lowest BCUT2D eigenvalue weighted by molar-refractivity contribution is 0.0963. The zero-order chi connectivity index (χ0) is 20.5. The number of carbonyl (C=O) groups excluding carboxylic acids is 1. The largest absolute Gasteiger partial charge is 0.363 e. The van der Waals surface area contributed by atoms with Crippen LogP contribution in [0.3, 0.4) is 0 Å². The van der Waals surface area contributed by atoms with Gasteiger partial charge in [0, 0.05) is 17.3 Å². The highest BCUT2D eigenvalue weighted by Gasteiger charge is 2.37. The van der Waals surface area contributed by atoms with E-state index in [0.717, 1.165) is 35.2 Å². The Labute approximate surface area is 174 Å². The van der Waals surface area contributed by atoms with Crippen LogP contribution in [0.5, 0.6) is 0 Å². The van der Waals surface area contributed by atoms with Crippen molar-refractivity contribution < 1.29 is 4.79 Å². The van der Waals surface area contributed by atoms with Crippen molar-refractivity contribution in [1.29, 1.82) is 0 Å². The predicted octanol–water partition coefficient (Wildman–Crippen LogP) is 3.82. The van der Waals surface area contributed by atoms with Gasteiger partial charge in [-0.15, -0.1) is 0 Å². The summed E-state index contributed by atoms with van der Waals surface area (Å²) < 4.78 is 0. The van der Waals surface area contributed by atoms with E-state index in [9.17, 15) is 4.79 Å². The highest BCUT2D eigenvalue weighted by Crippen LogP contribution is 2.32. The van der Waals surface area contributed by atoms with Gasteiger partial charge in [-0.25, -0.2) is 15.0 Å². The molecule has 1 amide bonds. The molecule has 0 bridgehead atoms. The van der Waals surface area contributed by atoms with E-state index in [1.807, 2.05) is 59.5 Å². The number of anilines is 2. The smallest absolute Gasteiger partial charge is 0.258 e. The molecular weight excluding hydrogens is 376 g/mol. The van der Waals surface area contributed by atoms with Gasteiger partial charge in [-0.3, -0.25) is 4.79 Å². The van der Waals surface area contributed by atoms with Gasteiger partial charge in [-0.2, -0.15) is 0 Å². The van der Waals surface area contributed by atoms with Gasteiger partial charge >= 0.3 is 0 Å². The molecule has 3 heterocycles. The Hall–Kier alpha value is -3.74. The molecule has 2 N–H and O–H groups in total. The summed E-state index contributed by atoms with van der Waals surface area (Å²) in [5.74, 6) is 0.728.